The molecular weight excluding hydrogens is 260 g/mol. The Bertz CT molecular complexity index is 390. The van der Waals surface area contributed by atoms with Crippen molar-refractivity contribution in [3.63, 3.8) is 0 Å². The van der Waals surface area contributed by atoms with Crippen LogP contribution in [0.1, 0.15) is 33.1 Å². The molecule has 1 aromatic carbocycles. The lowest BCUT2D eigenvalue weighted by atomic mass is 9.88. The highest BCUT2D eigenvalue weighted by Crippen LogP contribution is 2.21. The molecule has 0 aliphatic heterocycles. The van der Waals surface area contributed by atoms with Crippen LogP contribution in [-0.4, -0.2) is 12.5 Å². The van der Waals surface area contributed by atoms with E-state index in [9.17, 15) is 4.79 Å². The predicted molar refractivity (Wildman–Crippen MR) is 81.3 cm³/mol. The van der Waals surface area contributed by atoms with Crippen molar-refractivity contribution in [3.8, 4) is 0 Å². The Balaban J connectivity index is 2.40. The fourth-order valence-corrected chi connectivity index (χ4v) is 2.22. The second kappa shape index (κ2) is 8.18. The SMILES string of the molecule is CC(C)C(CCN)CCC(=O)Nc1ccc(Cl)cc1. The third-order valence-electron chi connectivity index (χ3n) is 3.35. The molecule has 3 nitrogen and oxygen atoms in total. The van der Waals surface area contributed by atoms with E-state index in [1.54, 1.807) is 24.3 Å². The van der Waals surface area contributed by atoms with Gasteiger partial charge in [-0.05, 0) is 55.5 Å². The number of anilines is 1. The number of carbonyl (C=O) groups is 1. The Kier molecular flexibility index (Phi) is 6.89. The smallest absolute Gasteiger partial charge is 0.224 e. The van der Waals surface area contributed by atoms with E-state index in [2.05, 4.69) is 19.2 Å². The summed E-state index contributed by atoms with van der Waals surface area (Å²) in [6.07, 6.45) is 2.39. The highest BCUT2D eigenvalue weighted by Gasteiger charge is 2.14. The van der Waals surface area contributed by atoms with Gasteiger partial charge in [0.15, 0.2) is 0 Å². The van der Waals surface area contributed by atoms with E-state index in [-0.39, 0.29) is 5.91 Å². The number of halogens is 1. The molecule has 0 radical (unpaired) electrons. The molecule has 106 valence electrons. The van der Waals surface area contributed by atoms with Crippen molar-refractivity contribution in [2.75, 3.05) is 11.9 Å². The van der Waals surface area contributed by atoms with E-state index in [0.29, 0.717) is 29.8 Å². The molecule has 0 saturated carbocycles. The van der Waals surface area contributed by atoms with Gasteiger partial charge in [0, 0.05) is 17.1 Å². The predicted octanol–water partition coefficient (Wildman–Crippen LogP) is 3.68. The molecule has 1 amide bonds. The maximum atomic E-state index is 11.9. The molecule has 19 heavy (non-hydrogen) atoms. The molecule has 0 aromatic heterocycles. The summed E-state index contributed by atoms with van der Waals surface area (Å²) in [5.41, 5.74) is 6.38. The average Bonchev–Trinajstić information content (AvgIpc) is 2.37. The third kappa shape index (κ3) is 6.08. The Hall–Kier alpha value is -1.06. The summed E-state index contributed by atoms with van der Waals surface area (Å²) in [4.78, 5) is 11.9. The molecule has 1 rings (SSSR count). The van der Waals surface area contributed by atoms with Gasteiger partial charge in [-0.15, -0.1) is 0 Å². The molecule has 0 saturated heterocycles. The first-order chi connectivity index (χ1) is 9.02. The van der Waals surface area contributed by atoms with Gasteiger partial charge < -0.3 is 11.1 Å². The van der Waals surface area contributed by atoms with Gasteiger partial charge >= 0.3 is 0 Å². The average molecular weight is 283 g/mol. The Morgan fingerprint density at radius 1 is 1.26 bits per heavy atom. The van der Waals surface area contributed by atoms with Gasteiger partial charge in [-0.2, -0.15) is 0 Å². The van der Waals surface area contributed by atoms with Crippen LogP contribution in [0.3, 0.4) is 0 Å². The van der Waals surface area contributed by atoms with Crippen molar-refractivity contribution >= 4 is 23.2 Å². The summed E-state index contributed by atoms with van der Waals surface area (Å²) >= 11 is 5.80. The van der Waals surface area contributed by atoms with Crippen LogP contribution in [0.15, 0.2) is 24.3 Å². The lowest BCUT2D eigenvalue weighted by Crippen LogP contribution is -2.18. The minimum Gasteiger partial charge on any atom is -0.330 e. The molecule has 0 spiro atoms. The molecule has 0 aliphatic rings. The quantitative estimate of drug-likeness (QED) is 0.801. The van der Waals surface area contributed by atoms with Crippen molar-refractivity contribution in [1.82, 2.24) is 0 Å². The molecule has 0 heterocycles. The standard InChI is InChI=1S/C15H23ClN2O/c1-11(2)12(9-10-17)3-8-15(19)18-14-6-4-13(16)5-7-14/h4-7,11-12H,3,8-10,17H2,1-2H3,(H,18,19). The first-order valence-corrected chi connectivity index (χ1v) is 7.16. The minimum atomic E-state index is 0.0463. The monoisotopic (exact) mass is 282 g/mol. The largest absolute Gasteiger partial charge is 0.330 e. The lowest BCUT2D eigenvalue weighted by molar-refractivity contribution is -0.116. The van der Waals surface area contributed by atoms with Gasteiger partial charge in [0.05, 0.1) is 0 Å². The van der Waals surface area contributed by atoms with Crippen LogP contribution in [-0.2, 0) is 4.79 Å². The van der Waals surface area contributed by atoms with E-state index < -0.39 is 0 Å². The molecule has 4 heteroatoms. The summed E-state index contributed by atoms with van der Waals surface area (Å²) in [7, 11) is 0. The zero-order valence-electron chi connectivity index (χ0n) is 11.7. The molecule has 0 fully saturated rings. The van der Waals surface area contributed by atoms with Crippen molar-refractivity contribution in [2.24, 2.45) is 17.6 Å². The van der Waals surface area contributed by atoms with Crippen LogP contribution in [0.2, 0.25) is 5.02 Å². The number of rotatable bonds is 7. The molecule has 1 atom stereocenters. The highest BCUT2D eigenvalue weighted by molar-refractivity contribution is 6.30. The van der Waals surface area contributed by atoms with Crippen LogP contribution in [0.5, 0.6) is 0 Å². The molecule has 0 bridgehead atoms. The fraction of sp³-hybridized carbons (Fsp3) is 0.533. The van der Waals surface area contributed by atoms with E-state index in [1.165, 1.54) is 0 Å². The van der Waals surface area contributed by atoms with Crippen LogP contribution < -0.4 is 11.1 Å². The summed E-state index contributed by atoms with van der Waals surface area (Å²) in [5.74, 6) is 1.12. The number of benzene rings is 1. The van der Waals surface area contributed by atoms with Crippen LogP contribution in [0.4, 0.5) is 5.69 Å². The van der Waals surface area contributed by atoms with E-state index in [0.717, 1.165) is 18.5 Å². The molecule has 1 unspecified atom stereocenters. The third-order valence-corrected chi connectivity index (χ3v) is 3.60. The Labute approximate surface area is 120 Å². The van der Waals surface area contributed by atoms with Crippen LogP contribution in [0, 0.1) is 11.8 Å². The van der Waals surface area contributed by atoms with E-state index >= 15 is 0 Å². The summed E-state index contributed by atoms with van der Waals surface area (Å²) in [6, 6.07) is 7.14. The van der Waals surface area contributed by atoms with E-state index in [1.807, 2.05) is 0 Å². The van der Waals surface area contributed by atoms with Gasteiger partial charge in [0.1, 0.15) is 0 Å². The molecular formula is C15H23ClN2O. The zero-order chi connectivity index (χ0) is 14.3. The zero-order valence-corrected chi connectivity index (χ0v) is 12.4. The first kappa shape index (κ1) is 16.0. The number of hydrogen-bond acceptors (Lipinski definition) is 2. The fourth-order valence-electron chi connectivity index (χ4n) is 2.10. The number of nitrogens with one attached hydrogen (secondary N) is 1. The molecule has 0 aliphatic carbocycles. The van der Waals surface area contributed by atoms with Crippen molar-refractivity contribution in [1.29, 1.82) is 0 Å². The molecule has 1 aromatic rings. The normalized spacial score (nSPS) is 12.5. The van der Waals surface area contributed by atoms with Crippen molar-refractivity contribution in [3.05, 3.63) is 29.3 Å². The van der Waals surface area contributed by atoms with Crippen LogP contribution in [0.25, 0.3) is 0 Å². The van der Waals surface area contributed by atoms with E-state index in [4.69, 9.17) is 17.3 Å². The van der Waals surface area contributed by atoms with Gasteiger partial charge in [0.25, 0.3) is 0 Å². The number of hydrogen-bond donors (Lipinski definition) is 2. The number of nitrogens with two attached hydrogens (primary N) is 1. The van der Waals surface area contributed by atoms with Crippen molar-refractivity contribution < 1.29 is 4.79 Å². The second-order valence-corrected chi connectivity index (χ2v) is 5.61. The maximum absolute atomic E-state index is 11.9. The van der Waals surface area contributed by atoms with Crippen LogP contribution >= 0.6 is 11.6 Å². The van der Waals surface area contributed by atoms with Gasteiger partial charge in [-0.1, -0.05) is 25.4 Å². The Morgan fingerprint density at radius 3 is 2.42 bits per heavy atom. The van der Waals surface area contributed by atoms with Gasteiger partial charge in [-0.25, -0.2) is 0 Å². The highest BCUT2D eigenvalue weighted by atomic mass is 35.5. The minimum absolute atomic E-state index is 0.0463. The number of carbonyl (C=O) groups excluding carboxylic acids is 1. The van der Waals surface area contributed by atoms with Crippen molar-refractivity contribution in [2.45, 2.75) is 33.1 Å². The first-order valence-electron chi connectivity index (χ1n) is 6.78. The van der Waals surface area contributed by atoms with Gasteiger partial charge in [-0.3, -0.25) is 4.79 Å². The topological polar surface area (TPSA) is 55.1 Å². The summed E-state index contributed by atoms with van der Waals surface area (Å²) in [5, 5.41) is 3.54. The maximum Gasteiger partial charge on any atom is 0.224 e. The summed E-state index contributed by atoms with van der Waals surface area (Å²) in [6.45, 7) is 5.04. The second-order valence-electron chi connectivity index (χ2n) is 5.18. The van der Waals surface area contributed by atoms with Gasteiger partial charge in [0.2, 0.25) is 5.91 Å². The Morgan fingerprint density at radius 2 is 1.89 bits per heavy atom. The lowest BCUT2D eigenvalue weighted by Gasteiger charge is -2.19. The molecule has 3 N–H and O–H groups in total. The number of amides is 1. The summed E-state index contributed by atoms with van der Waals surface area (Å²) < 4.78 is 0.